The van der Waals surface area contributed by atoms with Gasteiger partial charge in [-0.25, -0.2) is 0 Å². The van der Waals surface area contributed by atoms with Gasteiger partial charge < -0.3 is 4.12 Å². The van der Waals surface area contributed by atoms with E-state index < -0.39 is 0 Å². The molecule has 32 valence electrons. The molecule has 0 bridgehead atoms. The molecule has 5 heavy (non-hydrogen) atoms. The van der Waals surface area contributed by atoms with Gasteiger partial charge in [-0.15, -0.1) is 0 Å². The highest BCUT2D eigenvalue weighted by Crippen LogP contribution is 1.73. The predicted molar refractivity (Wildman–Crippen MR) is 38.5 cm³/mol. The summed E-state index contributed by atoms with van der Waals surface area (Å²) >= 11 is 2.35. The van der Waals surface area contributed by atoms with Crippen LogP contribution in [0, 0.1) is 0 Å². The average molecular weight is 218 g/mol. The molecule has 0 aromatic carbocycles. The highest BCUT2D eigenvalue weighted by molar-refractivity contribution is 14.1. The summed E-state index contributed by atoms with van der Waals surface area (Å²) in [5.41, 5.74) is 0. The molecule has 0 aliphatic heterocycles. The topological polar surface area (TPSA) is 9.23 Å². The minimum Gasteiger partial charge on any atom is -0.467 e. The third-order valence-corrected chi connectivity index (χ3v) is 3.39. The van der Waals surface area contributed by atoms with Crippen LogP contribution in [0.1, 0.15) is 0 Å². The highest BCUT2D eigenvalue weighted by Gasteiger charge is 1.70. The van der Waals surface area contributed by atoms with Gasteiger partial charge in [-0.1, -0.05) is 22.6 Å². The van der Waals surface area contributed by atoms with Gasteiger partial charge in [0, 0.05) is 4.05 Å². The van der Waals surface area contributed by atoms with E-state index in [1.165, 1.54) is 4.05 Å². The van der Waals surface area contributed by atoms with Gasteiger partial charge >= 0.3 is 0 Å². The summed E-state index contributed by atoms with van der Waals surface area (Å²) in [4.78, 5) is 0. The summed E-state index contributed by atoms with van der Waals surface area (Å²) in [5, 5.41) is 0. The number of alkyl halides is 1. The summed E-state index contributed by atoms with van der Waals surface area (Å²) in [6.45, 7) is 0. The minimum absolute atomic E-state index is 0.0195. The van der Waals surface area contributed by atoms with E-state index in [0.717, 1.165) is 10.5 Å². The summed E-state index contributed by atoms with van der Waals surface area (Å²) in [5.74, 6) is 0. The maximum absolute atomic E-state index is 4.96. The van der Waals surface area contributed by atoms with Crippen LogP contribution in [0.4, 0.5) is 0 Å². The molecule has 0 aromatic heterocycles. The van der Waals surface area contributed by atoms with Crippen LogP contribution in [0.15, 0.2) is 0 Å². The zero-order chi connectivity index (χ0) is 4.12. The second-order valence-electron chi connectivity index (χ2n) is 0.682. The Kier molecular flexibility index (Phi) is 6.28. The lowest BCUT2D eigenvalue weighted by Crippen LogP contribution is -1.93. The van der Waals surface area contributed by atoms with E-state index in [1.807, 2.05) is 0 Å². The molecule has 1 nitrogen and oxygen atoms in total. The van der Waals surface area contributed by atoms with E-state index in [1.54, 1.807) is 0 Å². The van der Waals surface area contributed by atoms with Gasteiger partial charge in [0.1, 0.15) is 10.5 Å². The SMILES string of the molecule is [SiH3]O[SiH2]CI. The van der Waals surface area contributed by atoms with E-state index in [2.05, 4.69) is 22.6 Å². The van der Waals surface area contributed by atoms with Crippen LogP contribution in [0.5, 0.6) is 0 Å². The number of hydrogen-bond donors (Lipinski definition) is 0. The normalized spacial score (nSPS) is 11.4. The summed E-state index contributed by atoms with van der Waals surface area (Å²) < 4.78 is 6.23. The Morgan fingerprint density at radius 3 is 2.60 bits per heavy atom. The van der Waals surface area contributed by atoms with Crippen LogP contribution in [-0.2, 0) is 4.12 Å². The molecule has 0 aromatic rings. The number of halogens is 1. The van der Waals surface area contributed by atoms with Crippen molar-refractivity contribution in [2.45, 2.75) is 0 Å². The maximum atomic E-state index is 4.96. The van der Waals surface area contributed by atoms with Gasteiger partial charge in [-0.3, -0.25) is 0 Å². The smallest absolute Gasteiger partial charge is 0.155 e. The number of hydrogen-bond acceptors (Lipinski definition) is 1. The van der Waals surface area contributed by atoms with Gasteiger partial charge in [0.2, 0.25) is 0 Å². The summed E-state index contributed by atoms with van der Waals surface area (Å²) in [6.07, 6.45) is 0. The van der Waals surface area contributed by atoms with Gasteiger partial charge in [0.05, 0.1) is 0 Å². The molecular weight excluding hydrogens is 211 g/mol. The van der Waals surface area contributed by atoms with Gasteiger partial charge in [-0.05, 0) is 0 Å². The quantitative estimate of drug-likeness (QED) is 0.320. The van der Waals surface area contributed by atoms with E-state index >= 15 is 0 Å². The molecule has 0 amide bonds. The van der Waals surface area contributed by atoms with Crippen molar-refractivity contribution in [2.24, 2.45) is 0 Å². The molecule has 0 aliphatic rings. The predicted octanol–water partition coefficient (Wildman–Crippen LogP) is -1.24. The fourth-order valence-electron chi connectivity index (χ4n) is 0.0772. The van der Waals surface area contributed by atoms with Gasteiger partial charge in [0.15, 0.2) is 9.76 Å². The molecule has 0 saturated carbocycles. The van der Waals surface area contributed by atoms with Crippen molar-refractivity contribution >= 4 is 42.8 Å². The molecule has 0 heterocycles. The average Bonchev–Trinajstić information content (AvgIpc) is 1.41. The van der Waals surface area contributed by atoms with Crippen LogP contribution in [-0.4, -0.2) is 24.3 Å². The van der Waals surface area contributed by atoms with E-state index in [0.29, 0.717) is 0 Å². The van der Waals surface area contributed by atoms with Crippen molar-refractivity contribution in [3.63, 3.8) is 0 Å². The van der Waals surface area contributed by atoms with Crippen molar-refractivity contribution in [1.82, 2.24) is 0 Å². The Balaban J connectivity index is 2.19. The number of rotatable bonds is 2. The van der Waals surface area contributed by atoms with E-state index in [4.69, 9.17) is 4.12 Å². The first-order valence-electron chi connectivity index (χ1n) is 1.46. The van der Waals surface area contributed by atoms with Crippen LogP contribution in [0.3, 0.4) is 0 Å². The lowest BCUT2D eigenvalue weighted by Gasteiger charge is -1.82. The lowest BCUT2D eigenvalue weighted by molar-refractivity contribution is 0.670. The Morgan fingerprint density at radius 1 is 2.00 bits per heavy atom. The third-order valence-electron chi connectivity index (χ3n) is 0.281. The van der Waals surface area contributed by atoms with Crippen molar-refractivity contribution in [1.29, 1.82) is 0 Å². The fraction of sp³-hybridized carbons (Fsp3) is 1.00. The monoisotopic (exact) mass is 218 g/mol. The fourth-order valence-corrected chi connectivity index (χ4v) is 4.66. The van der Waals surface area contributed by atoms with Crippen LogP contribution in [0.2, 0.25) is 0 Å². The summed E-state index contributed by atoms with van der Waals surface area (Å²) in [7, 11) is 0.936. The Bertz CT molecular complexity index is 17.1. The van der Waals surface area contributed by atoms with Crippen molar-refractivity contribution in [3.05, 3.63) is 0 Å². The standard InChI is InChI=1S/CH7IOSi2/c2-1-5-3-4/h1,5H2,4H3. The van der Waals surface area contributed by atoms with Crippen LogP contribution >= 0.6 is 22.6 Å². The molecule has 0 aliphatic carbocycles. The second-order valence-corrected chi connectivity index (χ2v) is 7.01. The minimum atomic E-state index is -0.0195. The van der Waals surface area contributed by atoms with E-state index in [-0.39, 0.29) is 9.76 Å². The van der Waals surface area contributed by atoms with Crippen LogP contribution < -0.4 is 0 Å². The third kappa shape index (κ3) is 5.12. The van der Waals surface area contributed by atoms with E-state index in [9.17, 15) is 0 Å². The van der Waals surface area contributed by atoms with Crippen molar-refractivity contribution in [2.75, 3.05) is 4.05 Å². The van der Waals surface area contributed by atoms with Gasteiger partial charge in [0.25, 0.3) is 0 Å². The Morgan fingerprint density at radius 2 is 2.60 bits per heavy atom. The Labute approximate surface area is 51.1 Å². The summed E-state index contributed by atoms with van der Waals surface area (Å²) in [6, 6.07) is 0. The molecule has 0 radical (unpaired) electrons. The van der Waals surface area contributed by atoms with Gasteiger partial charge in [-0.2, -0.15) is 0 Å². The van der Waals surface area contributed by atoms with Crippen molar-refractivity contribution in [3.8, 4) is 0 Å². The zero-order valence-electron chi connectivity index (χ0n) is 3.20. The molecule has 0 saturated heterocycles. The Hall–Kier alpha value is 1.12. The lowest BCUT2D eigenvalue weighted by atomic mass is 11.9. The largest absolute Gasteiger partial charge is 0.467 e. The molecule has 0 atom stereocenters. The first-order valence-corrected chi connectivity index (χ1v) is 5.38. The molecule has 0 spiro atoms. The highest BCUT2D eigenvalue weighted by atomic mass is 127. The molecule has 0 fully saturated rings. The van der Waals surface area contributed by atoms with Crippen molar-refractivity contribution < 1.29 is 4.12 Å². The molecule has 4 heteroatoms. The van der Waals surface area contributed by atoms with Crippen LogP contribution in [0.25, 0.3) is 0 Å². The first kappa shape index (κ1) is 6.12. The molecule has 0 rings (SSSR count). The zero-order valence-corrected chi connectivity index (χ0v) is 8.77. The molecular formula is CH7IOSi2. The first-order chi connectivity index (χ1) is 2.41. The molecule has 0 unspecified atom stereocenters. The maximum Gasteiger partial charge on any atom is 0.155 e. The second kappa shape index (κ2) is 5.12. The molecule has 0 N–H and O–H groups in total.